The number of hydrogen-bond acceptors (Lipinski definition) is 3. The highest BCUT2D eigenvalue weighted by atomic mass is 19.1. The van der Waals surface area contributed by atoms with Gasteiger partial charge in [-0.3, -0.25) is 0 Å². The Morgan fingerprint density at radius 1 is 0.906 bits per heavy atom. The van der Waals surface area contributed by atoms with Crippen molar-refractivity contribution in [2.45, 2.75) is 31.4 Å². The van der Waals surface area contributed by atoms with E-state index in [9.17, 15) is 14.3 Å². The number of carbonyl (C=O) groups is 1. The van der Waals surface area contributed by atoms with Crippen molar-refractivity contribution in [3.05, 3.63) is 89.7 Å². The third-order valence-electron chi connectivity index (χ3n) is 6.45. The number of anilines is 3. The number of hydrogen-bond donors (Lipinski definition) is 2. The molecule has 3 aromatic rings. The smallest absolute Gasteiger partial charge is 0.322 e. The van der Waals surface area contributed by atoms with Crippen molar-refractivity contribution in [3.8, 4) is 0 Å². The van der Waals surface area contributed by atoms with Crippen LogP contribution >= 0.6 is 0 Å². The maximum absolute atomic E-state index is 14.0. The zero-order valence-electron chi connectivity index (χ0n) is 17.7. The lowest BCUT2D eigenvalue weighted by Gasteiger charge is -2.43. The van der Waals surface area contributed by atoms with Crippen molar-refractivity contribution in [2.24, 2.45) is 0 Å². The molecule has 2 N–H and O–H groups in total. The molecule has 1 fully saturated rings. The minimum Gasteiger partial charge on any atom is -0.391 e. The molecule has 3 aromatic carbocycles. The number of urea groups is 1. The van der Waals surface area contributed by atoms with E-state index in [1.165, 1.54) is 17.2 Å². The number of para-hydroxylation sites is 3. The number of nitrogens with one attached hydrogen (secondary N) is 1. The highest BCUT2D eigenvalue weighted by Gasteiger charge is 2.37. The van der Waals surface area contributed by atoms with E-state index in [-0.39, 0.29) is 17.8 Å². The van der Waals surface area contributed by atoms with Crippen LogP contribution in [0.15, 0.2) is 72.8 Å². The number of aliphatic hydroxyl groups is 1. The van der Waals surface area contributed by atoms with Crippen molar-refractivity contribution in [1.29, 1.82) is 0 Å². The van der Waals surface area contributed by atoms with Crippen LogP contribution < -0.4 is 10.2 Å². The van der Waals surface area contributed by atoms with E-state index in [2.05, 4.69) is 34.5 Å². The maximum Gasteiger partial charge on any atom is 0.322 e. The largest absolute Gasteiger partial charge is 0.391 e. The molecule has 1 saturated heterocycles. The Balaban J connectivity index is 1.47. The van der Waals surface area contributed by atoms with Crippen LogP contribution in [0.1, 0.15) is 17.5 Å². The number of piperidine rings is 1. The summed E-state index contributed by atoms with van der Waals surface area (Å²) < 4.78 is 14.0. The summed E-state index contributed by atoms with van der Waals surface area (Å²) in [6, 6.07) is 22.0. The minimum absolute atomic E-state index is 0.158. The van der Waals surface area contributed by atoms with Gasteiger partial charge in [-0.15, -0.1) is 0 Å². The van der Waals surface area contributed by atoms with Crippen molar-refractivity contribution in [1.82, 2.24) is 4.90 Å². The van der Waals surface area contributed by atoms with Gasteiger partial charge in [0.1, 0.15) is 5.82 Å². The quantitative estimate of drug-likeness (QED) is 0.617. The van der Waals surface area contributed by atoms with E-state index < -0.39 is 11.9 Å². The Morgan fingerprint density at radius 2 is 1.50 bits per heavy atom. The first-order valence-corrected chi connectivity index (χ1v) is 11.1. The molecular weight excluding hydrogens is 405 g/mol. The monoisotopic (exact) mass is 431 g/mol. The van der Waals surface area contributed by atoms with Gasteiger partial charge >= 0.3 is 6.03 Å². The van der Waals surface area contributed by atoms with Gasteiger partial charge in [-0.05, 0) is 54.7 Å². The molecule has 0 radical (unpaired) electrons. The van der Waals surface area contributed by atoms with Crippen molar-refractivity contribution in [2.75, 3.05) is 23.3 Å². The zero-order valence-corrected chi connectivity index (χ0v) is 17.7. The number of carbonyl (C=O) groups excluding carboxylic acids is 1. The van der Waals surface area contributed by atoms with Gasteiger partial charge in [-0.2, -0.15) is 0 Å². The second-order valence-corrected chi connectivity index (χ2v) is 8.41. The average molecular weight is 432 g/mol. The molecule has 0 spiro atoms. The van der Waals surface area contributed by atoms with Gasteiger partial charge in [0.2, 0.25) is 0 Å². The summed E-state index contributed by atoms with van der Waals surface area (Å²) in [7, 11) is 0. The number of benzene rings is 3. The lowest BCUT2D eigenvalue weighted by molar-refractivity contribution is 0.0775. The van der Waals surface area contributed by atoms with Crippen LogP contribution in [0.5, 0.6) is 0 Å². The first kappa shape index (κ1) is 20.5. The predicted molar refractivity (Wildman–Crippen MR) is 124 cm³/mol. The maximum atomic E-state index is 14.0. The number of nitrogens with zero attached hydrogens (tertiary/aromatic N) is 2. The van der Waals surface area contributed by atoms with Gasteiger partial charge in [0.15, 0.2) is 0 Å². The summed E-state index contributed by atoms with van der Waals surface area (Å²) >= 11 is 0. The summed E-state index contributed by atoms with van der Waals surface area (Å²) in [5.74, 6) is -0.468. The molecule has 164 valence electrons. The Labute approximate surface area is 187 Å². The molecule has 5 nitrogen and oxygen atoms in total. The fraction of sp³-hybridized carbons (Fsp3) is 0.269. The number of halogens is 1. The molecule has 0 bridgehead atoms. The zero-order chi connectivity index (χ0) is 22.1. The second kappa shape index (κ2) is 8.63. The number of aliphatic hydroxyl groups excluding tert-OH is 1. The molecule has 0 aromatic heterocycles. The second-order valence-electron chi connectivity index (χ2n) is 8.41. The van der Waals surface area contributed by atoms with Crippen molar-refractivity contribution < 1.29 is 14.3 Å². The van der Waals surface area contributed by atoms with E-state index in [1.807, 2.05) is 24.3 Å². The Kier molecular flexibility index (Phi) is 5.53. The molecule has 2 amide bonds. The topological polar surface area (TPSA) is 55.8 Å². The van der Waals surface area contributed by atoms with E-state index in [4.69, 9.17) is 0 Å². The molecule has 2 heterocycles. The van der Waals surface area contributed by atoms with Gasteiger partial charge in [0.05, 0.1) is 17.8 Å². The molecule has 2 aliphatic heterocycles. The van der Waals surface area contributed by atoms with Gasteiger partial charge in [0.25, 0.3) is 0 Å². The SMILES string of the molecule is O=C(Nc1ccccc1F)N1CC[C@H](O)[C@@H](N2c3ccccc3CCc3ccccc32)C1. The number of rotatable bonds is 2. The summed E-state index contributed by atoms with van der Waals surface area (Å²) in [4.78, 5) is 16.8. The van der Waals surface area contributed by atoms with Crippen LogP contribution in [0.25, 0.3) is 0 Å². The fourth-order valence-corrected chi connectivity index (χ4v) is 4.79. The Hall–Kier alpha value is -3.38. The highest BCUT2D eigenvalue weighted by Crippen LogP contribution is 2.39. The molecule has 0 saturated carbocycles. The number of amides is 2. The molecule has 0 aliphatic carbocycles. The van der Waals surface area contributed by atoms with Gasteiger partial charge in [-0.25, -0.2) is 9.18 Å². The third kappa shape index (κ3) is 3.82. The average Bonchev–Trinajstić information content (AvgIpc) is 2.98. The number of likely N-dealkylation sites (tertiary alicyclic amines) is 1. The molecular formula is C26H26FN3O2. The number of aryl methyl sites for hydroxylation is 2. The van der Waals surface area contributed by atoms with Gasteiger partial charge < -0.3 is 20.2 Å². The van der Waals surface area contributed by atoms with Gasteiger partial charge in [-0.1, -0.05) is 48.5 Å². The van der Waals surface area contributed by atoms with Crippen LogP contribution in [0.3, 0.4) is 0 Å². The first-order valence-electron chi connectivity index (χ1n) is 11.1. The predicted octanol–water partition coefficient (Wildman–Crippen LogP) is 4.73. The summed E-state index contributed by atoms with van der Waals surface area (Å²) in [5.41, 5.74) is 4.74. The highest BCUT2D eigenvalue weighted by molar-refractivity contribution is 5.89. The van der Waals surface area contributed by atoms with E-state index >= 15 is 0 Å². The molecule has 0 unspecified atom stereocenters. The minimum atomic E-state index is -0.591. The molecule has 5 rings (SSSR count). The molecule has 2 aliphatic rings. The van der Waals surface area contributed by atoms with E-state index in [0.29, 0.717) is 19.5 Å². The summed E-state index contributed by atoms with van der Waals surface area (Å²) in [6.45, 7) is 0.749. The van der Waals surface area contributed by atoms with Crippen LogP contribution in [-0.2, 0) is 12.8 Å². The molecule has 32 heavy (non-hydrogen) atoms. The van der Waals surface area contributed by atoms with Crippen molar-refractivity contribution in [3.63, 3.8) is 0 Å². The third-order valence-corrected chi connectivity index (χ3v) is 6.45. The standard InChI is InChI=1S/C26H26FN3O2/c27-20-9-3-4-10-21(20)28-26(32)29-16-15-25(31)24(17-29)30-22-11-5-1-7-18(22)13-14-19-8-2-6-12-23(19)30/h1-12,24-25,31H,13-17H2,(H,28,32)/t24-,25-/m0/s1. The molecule has 6 heteroatoms. The Morgan fingerprint density at radius 3 is 2.16 bits per heavy atom. The molecule has 2 atom stereocenters. The number of fused-ring (bicyclic) bond motifs is 2. The summed E-state index contributed by atoms with van der Waals surface area (Å²) in [6.07, 6.45) is 1.70. The summed E-state index contributed by atoms with van der Waals surface area (Å²) in [5, 5.41) is 13.7. The first-order chi connectivity index (χ1) is 15.6. The van der Waals surface area contributed by atoms with E-state index in [0.717, 1.165) is 24.2 Å². The van der Waals surface area contributed by atoms with Crippen LogP contribution in [-0.4, -0.2) is 41.3 Å². The lowest BCUT2D eigenvalue weighted by Crippen LogP contribution is -2.56. The van der Waals surface area contributed by atoms with Crippen LogP contribution in [0.2, 0.25) is 0 Å². The van der Waals surface area contributed by atoms with Crippen LogP contribution in [0.4, 0.5) is 26.2 Å². The fourth-order valence-electron chi connectivity index (χ4n) is 4.79. The Bertz CT molecular complexity index is 1090. The normalized spacial score (nSPS) is 20.2. The van der Waals surface area contributed by atoms with Gasteiger partial charge in [0, 0.05) is 24.5 Å². The van der Waals surface area contributed by atoms with Crippen LogP contribution in [0, 0.1) is 5.82 Å². The lowest BCUT2D eigenvalue weighted by atomic mass is 9.98. The van der Waals surface area contributed by atoms with Crippen molar-refractivity contribution >= 4 is 23.1 Å². The van der Waals surface area contributed by atoms with E-state index in [1.54, 1.807) is 23.1 Å².